The van der Waals surface area contributed by atoms with Gasteiger partial charge in [0, 0.05) is 5.56 Å². The molecule has 0 aliphatic carbocycles. The topological polar surface area (TPSA) is 111 Å². The first-order valence-electron chi connectivity index (χ1n) is 12.1. The monoisotopic (exact) mass is 477 g/mol. The van der Waals surface area contributed by atoms with E-state index in [1.165, 1.54) is 32.1 Å². The SMILES string of the molecule is CCCCCCC/C=C/COc1ccc(C(=O)Nc2cccc3c2OC(c2nn[nH]n2)CO3)cc1. The molecule has 2 aromatic carbocycles. The van der Waals surface area contributed by atoms with E-state index in [0.29, 0.717) is 40.9 Å². The quantitative estimate of drug-likeness (QED) is 0.270. The Kier molecular flexibility index (Phi) is 8.69. The summed E-state index contributed by atoms with van der Waals surface area (Å²) in [6.07, 6.45) is 11.2. The van der Waals surface area contributed by atoms with Gasteiger partial charge in [0.05, 0.1) is 5.69 Å². The van der Waals surface area contributed by atoms with Gasteiger partial charge in [-0.3, -0.25) is 4.79 Å². The third-order valence-corrected chi connectivity index (χ3v) is 5.63. The predicted molar refractivity (Wildman–Crippen MR) is 132 cm³/mol. The number of allylic oxidation sites excluding steroid dienone is 1. The summed E-state index contributed by atoms with van der Waals surface area (Å²) in [6.45, 7) is 2.99. The highest BCUT2D eigenvalue weighted by atomic mass is 16.6. The second-order valence-electron chi connectivity index (χ2n) is 8.28. The van der Waals surface area contributed by atoms with E-state index in [2.05, 4.69) is 38.9 Å². The molecule has 2 heterocycles. The van der Waals surface area contributed by atoms with E-state index in [0.717, 1.165) is 6.42 Å². The van der Waals surface area contributed by atoms with Crippen LogP contribution in [0.5, 0.6) is 17.2 Å². The molecule has 9 heteroatoms. The minimum atomic E-state index is -0.522. The molecule has 1 unspecified atom stereocenters. The number of H-pyrrole nitrogens is 1. The van der Waals surface area contributed by atoms with Crippen molar-refractivity contribution in [1.29, 1.82) is 0 Å². The van der Waals surface area contributed by atoms with Crippen molar-refractivity contribution in [2.45, 2.75) is 51.6 Å². The summed E-state index contributed by atoms with van der Waals surface area (Å²) in [5.74, 6) is 1.80. The van der Waals surface area contributed by atoms with Crippen LogP contribution in [0.4, 0.5) is 5.69 Å². The summed E-state index contributed by atoms with van der Waals surface area (Å²) >= 11 is 0. The maximum atomic E-state index is 12.8. The number of nitrogens with one attached hydrogen (secondary N) is 2. The van der Waals surface area contributed by atoms with Gasteiger partial charge in [0.15, 0.2) is 17.6 Å². The lowest BCUT2D eigenvalue weighted by molar-refractivity contribution is 0.0856. The van der Waals surface area contributed by atoms with Crippen molar-refractivity contribution in [2.75, 3.05) is 18.5 Å². The Balaban J connectivity index is 1.28. The van der Waals surface area contributed by atoms with Crippen LogP contribution < -0.4 is 19.5 Å². The largest absolute Gasteiger partial charge is 0.490 e. The van der Waals surface area contributed by atoms with Gasteiger partial charge >= 0.3 is 0 Å². The third-order valence-electron chi connectivity index (χ3n) is 5.63. The third kappa shape index (κ3) is 6.81. The van der Waals surface area contributed by atoms with Crippen LogP contribution in [0.25, 0.3) is 0 Å². The molecule has 0 saturated carbocycles. The van der Waals surface area contributed by atoms with E-state index >= 15 is 0 Å². The highest BCUT2D eigenvalue weighted by molar-refractivity contribution is 6.05. The van der Waals surface area contributed by atoms with Crippen molar-refractivity contribution in [1.82, 2.24) is 20.6 Å². The molecule has 1 aliphatic heterocycles. The number of fused-ring (bicyclic) bond motifs is 1. The molecule has 1 aliphatic rings. The number of unbranched alkanes of at least 4 members (excludes halogenated alkanes) is 5. The summed E-state index contributed by atoms with van der Waals surface area (Å²) in [5.41, 5.74) is 1.00. The molecular formula is C26H31N5O4. The molecule has 0 bridgehead atoms. The average Bonchev–Trinajstić information content (AvgIpc) is 3.43. The molecule has 1 amide bonds. The number of aromatic nitrogens is 4. The first kappa shape index (κ1) is 24.3. The predicted octanol–water partition coefficient (Wildman–Crippen LogP) is 5.26. The molecule has 2 N–H and O–H groups in total. The minimum Gasteiger partial charge on any atom is -0.490 e. The number of carbonyl (C=O) groups excluding carboxylic acids is 1. The van der Waals surface area contributed by atoms with Crippen molar-refractivity contribution in [3.63, 3.8) is 0 Å². The van der Waals surface area contributed by atoms with Gasteiger partial charge in [0.1, 0.15) is 19.0 Å². The molecule has 0 radical (unpaired) electrons. The molecule has 0 saturated heterocycles. The van der Waals surface area contributed by atoms with Gasteiger partial charge in [0.2, 0.25) is 5.82 Å². The van der Waals surface area contributed by atoms with Crippen LogP contribution in [0.1, 0.15) is 67.7 Å². The van der Waals surface area contributed by atoms with E-state index in [1.807, 2.05) is 6.08 Å². The van der Waals surface area contributed by atoms with E-state index in [4.69, 9.17) is 14.2 Å². The first-order chi connectivity index (χ1) is 17.2. The lowest BCUT2D eigenvalue weighted by Crippen LogP contribution is -2.24. The molecular weight excluding hydrogens is 446 g/mol. The van der Waals surface area contributed by atoms with Gasteiger partial charge in [0.25, 0.3) is 5.91 Å². The number of anilines is 1. The number of nitrogens with zero attached hydrogens (tertiary/aromatic N) is 3. The lowest BCUT2D eigenvalue weighted by atomic mass is 10.1. The van der Waals surface area contributed by atoms with Crippen LogP contribution in [0.15, 0.2) is 54.6 Å². The molecule has 3 aromatic rings. The molecule has 35 heavy (non-hydrogen) atoms. The van der Waals surface area contributed by atoms with Crippen molar-refractivity contribution in [3.8, 4) is 17.2 Å². The minimum absolute atomic E-state index is 0.250. The van der Waals surface area contributed by atoms with Gasteiger partial charge in [-0.05, 0) is 49.2 Å². The number of hydrogen-bond donors (Lipinski definition) is 2. The van der Waals surface area contributed by atoms with Crippen LogP contribution in [0, 0.1) is 0 Å². The number of amides is 1. The van der Waals surface area contributed by atoms with Gasteiger partial charge in [-0.15, -0.1) is 10.2 Å². The molecule has 4 rings (SSSR count). The smallest absolute Gasteiger partial charge is 0.255 e. The number of hydrogen-bond acceptors (Lipinski definition) is 7. The highest BCUT2D eigenvalue weighted by Crippen LogP contribution is 2.41. The maximum Gasteiger partial charge on any atom is 0.255 e. The zero-order valence-electron chi connectivity index (χ0n) is 19.9. The van der Waals surface area contributed by atoms with Crippen LogP contribution in [-0.2, 0) is 0 Å². The number of aromatic amines is 1. The fourth-order valence-corrected chi connectivity index (χ4v) is 3.72. The molecule has 0 spiro atoms. The summed E-state index contributed by atoms with van der Waals surface area (Å²) in [5, 5.41) is 16.8. The van der Waals surface area contributed by atoms with Crippen LogP contribution in [0.3, 0.4) is 0 Å². The molecule has 0 fully saturated rings. The normalized spacial score (nSPS) is 14.7. The molecule has 1 aromatic heterocycles. The van der Waals surface area contributed by atoms with Gasteiger partial charge in [-0.1, -0.05) is 56.0 Å². The Morgan fingerprint density at radius 2 is 2.00 bits per heavy atom. The van der Waals surface area contributed by atoms with E-state index in [-0.39, 0.29) is 12.5 Å². The van der Waals surface area contributed by atoms with Gasteiger partial charge in [-0.2, -0.15) is 5.21 Å². The number of tetrazole rings is 1. The number of benzene rings is 2. The summed E-state index contributed by atoms with van der Waals surface area (Å²) in [7, 11) is 0. The average molecular weight is 478 g/mol. The fourth-order valence-electron chi connectivity index (χ4n) is 3.72. The number of para-hydroxylation sites is 1. The number of ether oxygens (including phenoxy) is 3. The van der Waals surface area contributed by atoms with E-state index < -0.39 is 6.10 Å². The number of rotatable bonds is 12. The Bertz CT molecular complexity index is 1100. The maximum absolute atomic E-state index is 12.8. The molecule has 184 valence electrons. The highest BCUT2D eigenvalue weighted by Gasteiger charge is 2.28. The second kappa shape index (κ2) is 12.5. The van der Waals surface area contributed by atoms with E-state index in [9.17, 15) is 4.79 Å². The molecule has 1 atom stereocenters. The summed E-state index contributed by atoms with van der Waals surface area (Å²) in [4.78, 5) is 12.8. The van der Waals surface area contributed by atoms with Gasteiger partial charge in [-0.25, -0.2) is 0 Å². The number of carbonyl (C=O) groups is 1. The Morgan fingerprint density at radius 1 is 1.14 bits per heavy atom. The van der Waals surface area contributed by atoms with Crippen LogP contribution in [-0.4, -0.2) is 39.7 Å². The fraction of sp³-hybridized carbons (Fsp3) is 0.385. The van der Waals surface area contributed by atoms with Crippen molar-refractivity contribution in [2.24, 2.45) is 0 Å². The molecule has 9 nitrogen and oxygen atoms in total. The zero-order chi connectivity index (χ0) is 24.3. The Hall–Kier alpha value is -3.88. The van der Waals surface area contributed by atoms with E-state index in [1.54, 1.807) is 42.5 Å². The Morgan fingerprint density at radius 3 is 2.80 bits per heavy atom. The van der Waals surface area contributed by atoms with Gasteiger partial charge < -0.3 is 19.5 Å². The van der Waals surface area contributed by atoms with Crippen molar-refractivity contribution in [3.05, 3.63) is 66.0 Å². The Labute approximate surface area is 204 Å². The van der Waals surface area contributed by atoms with Crippen molar-refractivity contribution >= 4 is 11.6 Å². The summed E-state index contributed by atoms with van der Waals surface area (Å²) < 4.78 is 17.5. The van der Waals surface area contributed by atoms with Crippen LogP contribution >= 0.6 is 0 Å². The first-order valence-corrected chi connectivity index (χ1v) is 12.1. The summed E-state index contributed by atoms with van der Waals surface area (Å²) in [6, 6.07) is 12.4. The lowest BCUT2D eigenvalue weighted by Gasteiger charge is -2.26. The second-order valence-corrected chi connectivity index (χ2v) is 8.28. The van der Waals surface area contributed by atoms with Crippen LogP contribution in [0.2, 0.25) is 0 Å². The standard InChI is InChI=1S/C26H31N5O4/c1-2-3-4-5-6-7-8-9-17-33-20-15-13-19(14-16-20)26(32)27-21-11-10-12-22-24(21)35-23(18-34-22)25-28-30-31-29-25/h8-16,23H,2-7,17-18H2,1H3,(H,27,32)(H,28,29,30,31)/b9-8+. The zero-order valence-corrected chi connectivity index (χ0v) is 19.9. The van der Waals surface area contributed by atoms with Crippen molar-refractivity contribution < 1.29 is 19.0 Å².